The van der Waals surface area contributed by atoms with Gasteiger partial charge in [0.2, 0.25) is 5.95 Å². The molecule has 0 saturated carbocycles. The minimum Gasteiger partial charge on any atom is -0.467 e. The van der Waals surface area contributed by atoms with E-state index in [1.54, 1.807) is 0 Å². The number of anilines is 1. The van der Waals surface area contributed by atoms with E-state index in [1.807, 2.05) is 6.92 Å². The van der Waals surface area contributed by atoms with E-state index in [2.05, 4.69) is 36.2 Å². The molecule has 112 valence electrons. The molecular formula is C12H11BrClFN4O2. The predicted octanol–water partition coefficient (Wildman–Crippen LogP) is 3.66. The summed E-state index contributed by atoms with van der Waals surface area (Å²) in [6.45, 7) is 2.51. The van der Waals surface area contributed by atoms with Gasteiger partial charge in [0.1, 0.15) is 11.6 Å². The van der Waals surface area contributed by atoms with Crippen LogP contribution in [0.5, 0.6) is 17.8 Å². The Labute approximate surface area is 133 Å². The highest BCUT2D eigenvalue weighted by molar-refractivity contribution is 9.10. The van der Waals surface area contributed by atoms with Crippen molar-refractivity contribution in [2.24, 2.45) is 0 Å². The molecule has 0 aliphatic rings. The number of rotatable bonds is 5. The van der Waals surface area contributed by atoms with Crippen LogP contribution in [-0.2, 0) is 0 Å². The Hall–Kier alpha value is -1.67. The van der Waals surface area contributed by atoms with E-state index in [1.165, 1.54) is 13.2 Å². The fourth-order valence-electron chi connectivity index (χ4n) is 1.39. The normalized spacial score (nSPS) is 10.3. The van der Waals surface area contributed by atoms with E-state index in [0.717, 1.165) is 6.07 Å². The first kappa shape index (κ1) is 15.7. The summed E-state index contributed by atoms with van der Waals surface area (Å²) in [6, 6.07) is 2.58. The molecule has 1 aromatic carbocycles. The van der Waals surface area contributed by atoms with Crippen LogP contribution in [0, 0.1) is 5.82 Å². The van der Waals surface area contributed by atoms with Gasteiger partial charge in [0.15, 0.2) is 0 Å². The lowest BCUT2D eigenvalue weighted by Gasteiger charge is -2.09. The fourth-order valence-corrected chi connectivity index (χ4v) is 2.11. The molecular weight excluding hydrogens is 367 g/mol. The van der Waals surface area contributed by atoms with Crippen LogP contribution in [-0.4, -0.2) is 28.6 Å². The zero-order valence-electron chi connectivity index (χ0n) is 11.2. The van der Waals surface area contributed by atoms with Gasteiger partial charge in [0.25, 0.3) is 0 Å². The lowest BCUT2D eigenvalue weighted by molar-refractivity contribution is 0.359. The van der Waals surface area contributed by atoms with Gasteiger partial charge in [-0.25, -0.2) is 4.39 Å². The van der Waals surface area contributed by atoms with Gasteiger partial charge in [-0.3, -0.25) is 0 Å². The van der Waals surface area contributed by atoms with Crippen molar-refractivity contribution >= 4 is 33.5 Å². The molecule has 0 fully saturated rings. The minimum absolute atomic E-state index is 0.0178. The molecule has 0 amide bonds. The first-order valence-electron chi connectivity index (χ1n) is 5.89. The number of benzene rings is 1. The van der Waals surface area contributed by atoms with Crippen LogP contribution < -0.4 is 14.8 Å². The molecule has 2 aromatic rings. The van der Waals surface area contributed by atoms with E-state index >= 15 is 0 Å². The quantitative estimate of drug-likeness (QED) is 0.802. The molecule has 2 rings (SSSR count). The molecule has 1 aromatic heterocycles. The second kappa shape index (κ2) is 6.86. The number of halogens is 3. The largest absolute Gasteiger partial charge is 0.467 e. The number of methoxy groups -OCH3 is 1. The first-order chi connectivity index (χ1) is 10.0. The van der Waals surface area contributed by atoms with Crippen LogP contribution in [0.1, 0.15) is 6.92 Å². The molecule has 1 N–H and O–H groups in total. The highest BCUT2D eigenvalue weighted by Gasteiger charge is 2.13. The summed E-state index contributed by atoms with van der Waals surface area (Å²) in [7, 11) is 1.42. The van der Waals surface area contributed by atoms with Gasteiger partial charge in [-0.1, -0.05) is 11.6 Å². The molecule has 21 heavy (non-hydrogen) atoms. The van der Waals surface area contributed by atoms with Crippen molar-refractivity contribution in [3.63, 3.8) is 0 Å². The van der Waals surface area contributed by atoms with Crippen molar-refractivity contribution in [1.82, 2.24) is 15.0 Å². The third-order valence-corrected chi connectivity index (χ3v) is 3.20. The zero-order valence-corrected chi connectivity index (χ0v) is 13.5. The van der Waals surface area contributed by atoms with Crippen molar-refractivity contribution in [2.45, 2.75) is 6.92 Å². The van der Waals surface area contributed by atoms with Crippen LogP contribution >= 0.6 is 27.5 Å². The number of nitrogens with zero attached hydrogens (tertiary/aromatic N) is 3. The Morgan fingerprint density at radius 1 is 1.29 bits per heavy atom. The van der Waals surface area contributed by atoms with Gasteiger partial charge in [0, 0.05) is 12.6 Å². The third-order valence-electron chi connectivity index (χ3n) is 2.29. The predicted molar refractivity (Wildman–Crippen MR) is 79.7 cm³/mol. The van der Waals surface area contributed by atoms with Gasteiger partial charge in [-0.15, -0.1) is 4.98 Å². The van der Waals surface area contributed by atoms with Gasteiger partial charge < -0.3 is 14.8 Å². The average molecular weight is 378 g/mol. The van der Waals surface area contributed by atoms with Crippen molar-refractivity contribution in [1.29, 1.82) is 0 Å². The Kier molecular flexibility index (Phi) is 5.13. The van der Waals surface area contributed by atoms with E-state index in [-0.39, 0.29) is 22.8 Å². The number of hydrogen-bond acceptors (Lipinski definition) is 6. The van der Waals surface area contributed by atoms with Crippen molar-refractivity contribution in [2.75, 3.05) is 19.0 Å². The van der Waals surface area contributed by atoms with Crippen molar-refractivity contribution < 1.29 is 13.9 Å². The van der Waals surface area contributed by atoms with Gasteiger partial charge >= 0.3 is 12.0 Å². The standard InChI is InChI=1S/C12H11BrClFN4O2/c1-3-16-10-17-11(20-2)19-12(18-10)21-9-5-8(15)7(14)4-6(9)13/h4-5H,3H2,1-2H3,(H,16,17,18,19). The molecule has 6 nitrogen and oxygen atoms in total. The second-order valence-electron chi connectivity index (χ2n) is 3.76. The Morgan fingerprint density at radius 2 is 2.00 bits per heavy atom. The van der Waals surface area contributed by atoms with E-state index in [4.69, 9.17) is 21.1 Å². The zero-order chi connectivity index (χ0) is 15.4. The summed E-state index contributed by atoms with van der Waals surface area (Å²) in [5, 5.41) is 2.90. The van der Waals surface area contributed by atoms with Crippen LogP contribution in [0.4, 0.5) is 10.3 Å². The first-order valence-corrected chi connectivity index (χ1v) is 7.07. The van der Waals surface area contributed by atoms with Gasteiger partial charge in [-0.05, 0) is 28.9 Å². The van der Waals surface area contributed by atoms with Crippen molar-refractivity contribution in [3.05, 3.63) is 27.4 Å². The SMILES string of the molecule is CCNc1nc(OC)nc(Oc2cc(F)c(Cl)cc2Br)n1. The maximum atomic E-state index is 13.5. The topological polar surface area (TPSA) is 69.2 Å². The molecule has 0 aliphatic heterocycles. The van der Waals surface area contributed by atoms with Gasteiger partial charge in [0.05, 0.1) is 16.6 Å². The van der Waals surface area contributed by atoms with Crippen LogP contribution in [0.2, 0.25) is 5.02 Å². The maximum absolute atomic E-state index is 13.5. The molecule has 0 aliphatic carbocycles. The number of hydrogen-bond donors (Lipinski definition) is 1. The summed E-state index contributed by atoms with van der Waals surface area (Å²) in [4.78, 5) is 12.0. The minimum atomic E-state index is -0.609. The molecule has 9 heteroatoms. The molecule has 1 heterocycles. The molecule has 0 unspecified atom stereocenters. The molecule has 0 saturated heterocycles. The molecule has 0 atom stereocenters. The lowest BCUT2D eigenvalue weighted by atomic mass is 10.3. The number of aromatic nitrogens is 3. The fraction of sp³-hybridized carbons (Fsp3) is 0.250. The third kappa shape index (κ3) is 3.92. The summed E-state index contributed by atoms with van der Waals surface area (Å²) >= 11 is 8.90. The van der Waals surface area contributed by atoms with Crippen LogP contribution in [0.15, 0.2) is 16.6 Å². The van der Waals surface area contributed by atoms with Gasteiger partial charge in [-0.2, -0.15) is 9.97 Å². The Balaban J connectivity index is 2.34. The number of nitrogens with one attached hydrogen (secondary N) is 1. The highest BCUT2D eigenvalue weighted by Crippen LogP contribution is 2.33. The Morgan fingerprint density at radius 3 is 2.67 bits per heavy atom. The molecule has 0 spiro atoms. The monoisotopic (exact) mass is 376 g/mol. The molecule has 0 radical (unpaired) electrons. The second-order valence-corrected chi connectivity index (χ2v) is 5.02. The highest BCUT2D eigenvalue weighted by atomic mass is 79.9. The molecule has 0 bridgehead atoms. The summed E-state index contributed by atoms with van der Waals surface area (Å²) in [6.07, 6.45) is 0. The summed E-state index contributed by atoms with van der Waals surface area (Å²) in [5.41, 5.74) is 0. The Bertz CT molecular complexity index is 659. The van der Waals surface area contributed by atoms with Crippen LogP contribution in [0.25, 0.3) is 0 Å². The average Bonchev–Trinajstić information content (AvgIpc) is 2.45. The summed E-state index contributed by atoms with van der Waals surface area (Å²) < 4.78 is 24.4. The van der Waals surface area contributed by atoms with E-state index in [9.17, 15) is 4.39 Å². The van der Waals surface area contributed by atoms with Crippen molar-refractivity contribution in [3.8, 4) is 17.8 Å². The smallest absolute Gasteiger partial charge is 0.330 e. The lowest BCUT2D eigenvalue weighted by Crippen LogP contribution is -2.06. The van der Waals surface area contributed by atoms with E-state index < -0.39 is 5.82 Å². The maximum Gasteiger partial charge on any atom is 0.330 e. The number of ether oxygens (including phenoxy) is 2. The van der Waals surface area contributed by atoms with Crippen LogP contribution in [0.3, 0.4) is 0 Å². The van der Waals surface area contributed by atoms with E-state index in [0.29, 0.717) is 17.0 Å². The summed E-state index contributed by atoms with van der Waals surface area (Å²) in [5.74, 6) is -0.125.